The van der Waals surface area contributed by atoms with Crippen LogP contribution < -0.4 is 0 Å². The fourth-order valence-corrected chi connectivity index (χ4v) is 4.38. The van der Waals surface area contributed by atoms with E-state index in [1.165, 1.54) is 0 Å². The molecule has 0 atom stereocenters. The fraction of sp³-hybridized carbons (Fsp3) is 1.00. The summed E-state index contributed by atoms with van der Waals surface area (Å²) in [4.78, 5) is 0. The average Bonchev–Trinajstić information content (AvgIpc) is 2.55. The van der Waals surface area contributed by atoms with Crippen LogP contribution in [0.2, 0.25) is 0 Å². The molecule has 0 saturated heterocycles. The van der Waals surface area contributed by atoms with E-state index in [9.17, 15) is 96.6 Å². The molecule has 236 valence electrons. The number of hydrogen-bond acceptors (Lipinski definition) is 4. The van der Waals surface area contributed by atoms with Gasteiger partial charge in [-0.15, -0.1) is 0 Å². The molecule has 0 aromatic carbocycles. The second-order valence-corrected chi connectivity index (χ2v) is 8.49. The van der Waals surface area contributed by atoms with Crippen LogP contribution in [0.5, 0.6) is 0 Å². The average molecular weight is 660 g/mol. The molecule has 0 aliphatic rings. The van der Waals surface area contributed by atoms with Crippen LogP contribution in [0.25, 0.3) is 0 Å². The third-order valence-electron chi connectivity index (χ3n) is 3.24. The van der Waals surface area contributed by atoms with Gasteiger partial charge in [-0.25, -0.2) is 8.78 Å². The Balaban J connectivity index is 7.65. The number of halogens is 22. The molecule has 0 unspecified atom stereocenters. The van der Waals surface area contributed by atoms with E-state index in [0.29, 0.717) is 0 Å². The molecule has 0 fully saturated rings. The minimum atomic E-state index is -9.25. The summed E-state index contributed by atoms with van der Waals surface area (Å²) >= 11 is 0. The van der Waals surface area contributed by atoms with E-state index in [0.717, 1.165) is 0 Å². The van der Waals surface area contributed by atoms with Crippen LogP contribution in [0, 0.1) is 0 Å². The first kappa shape index (κ1) is 37.5. The molecule has 0 aromatic heterocycles. The molecule has 0 radical (unpaired) electrons. The van der Waals surface area contributed by atoms with Crippen molar-refractivity contribution in [3.05, 3.63) is 0 Å². The maximum atomic E-state index is 13.7. The Morgan fingerprint density at radius 2 is 0.615 bits per heavy atom. The van der Waals surface area contributed by atoms with Gasteiger partial charge >= 0.3 is 52.2 Å². The van der Waals surface area contributed by atoms with Crippen molar-refractivity contribution in [1.29, 1.82) is 0 Å². The van der Waals surface area contributed by atoms with Crippen LogP contribution in [0.4, 0.5) is 96.6 Å². The molecule has 39 heavy (non-hydrogen) atoms. The Labute approximate surface area is 199 Å². The van der Waals surface area contributed by atoms with Crippen molar-refractivity contribution in [2.24, 2.45) is 0 Å². The summed E-state index contributed by atoms with van der Waals surface area (Å²) in [6.45, 7) is 0. The lowest BCUT2D eigenvalue weighted by atomic mass is 10.3. The van der Waals surface area contributed by atoms with Gasteiger partial charge in [0.1, 0.15) is 0 Å². The largest absolute Gasteiger partial charge is 0.686 e. The summed E-state index contributed by atoms with van der Waals surface area (Å²) in [7, 11) is -9.25. The quantitative estimate of drug-likeness (QED) is 0.183. The van der Waals surface area contributed by atoms with Crippen LogP contribution >= 0.6 is 0 Å². The van der Waals surface area contributed by atoms with Gasteiger partial charge in [0.2, 0.25) is 24.7 Å². The second kappa shape index (κ2) is 11.4. The molecule has 0 heterocycles. The Morgan fingerprint density at radius 1 is 0.410 bits per heavy atom. The Bertz CT molecular complexity index is 649. The van der Waals surface area contributed by atoms with Crippen LogP contribution in [-0.4, -0.2) is 77.0 Å². The van der Waals surface area contributed by atoms with Crippen LogP contribution in [0.1, 0.15) is 6.42 Å². The molecular weight excluding hydrogens is 654 g/mol. The lowest BCUT2D eigenvalue weighted by Gasteiger charge is -2.39. The molecule has 0 rings (SSSR count). The van der Waals surface area contributed by atoms with Crippen LogP contribution in [0.15, 0.2) is 0 Å². The Hall–Kier alpha value is -1.48. The molecule has 0 amide bonds. The molecule has 0 spiro atoms. The van der Waals surface area contributed by atoms with E-state index in [1.807, 2.05) is 0 Å². The monoisotopic (exact) mass is 660 g/mol. The highest BCUT2D eigenvalue weighted by atomic mass is 28.4. The summed E-state index contributed by atoms with van der Waals surface area (Å²) in [6, 6.07) is 0. The third kappa shape index (κ3) is 11.9. The summed E-state index contributed by atoms with van der Waals surface area (Å²) in [5.41, 5.74) is 0. The van der Waals surface area contributed by atoms with Crippen LogP contribution in [0.3, 0.4) is 0 Å². The van der Waals surface area contributed by atoms with Gasteiger partial charge in [-0.05, 0) is 0 Å². The number of rotatable bonds is 10. The second-order valence-electron chi connectivity index (χ2n) is 6.58. The van der Waals surface area contributed by atoms with Crippen molar-refractivity contribution in [1.82, 2.24) is 0 Å². The van der Waals surface area contributed by atoms with E-state index in [-0.39, 0.29) is 0 Å². The van der Waals surface area contributed by atoms with E-state index >= 15 is 0 Å². The zero-order chi connectivity index (χ0) is 31.8. The molecule has 0 bridgehead atoms. The maximum absolute atomic E-state index is 13.7. The first-order chi connectivity index (χ1) is 16.6. The number of alkyl halides is 22. The minimum absolute atomic E-state index is 2.42. The summed E-state index contributed by atoms with van der Waals surface area (Å²) in [5, 5.41) is 0. The lowest BCUT2D eigenvalue weighted by molar-refractivity contribution is -0.367. The highest BCUT2D eigenvalue weighted by molar-refractivity contribution is 6.54. The molecule has 0 saturated carbocycles. The summed E-state index contributed by atoms with van der Waals surface area (Å²) in [6.07, 6.45) is -76.8. The topological polar surface area (TPSA) is 36.9 Å². The number of hydrogen-bond donors (Lipinski definition) is 0. The van der Waals surface area contributed by atoms with Gasteiger partial charge in [-0.1, -0.05) is 0 Å². The predicted octanol–water partition coefficient (Wildman–Crippen LogP) is 7.22. The van der Waals surface area contributed by atoms with Crippen molar-refractivity contribution in [3.8, 4) is 0 Å². The molecule has 0 N–H and O–H groups in total. The zero-order valence-corrected chi connectivity index (χ0v) is 18.0. The van der Waals surface area contributed by atoms with Crippen LogP contribution in [-0.2, 0) is 17.7 Å². The van der Waals surface area contributed by atoms with E-state index < -0.39 is 83.4 Å². The van der Waals surface area contributed by atoms with Gasteiger partial charge in [0.05, 0.1) is 6.42 Å². The van der Waals surface area contributed by atoms with Gasteiger partial charge < -0.3 is 13.3 Å². The first-order valence-corrected chi connectivity index (χ1v) is 10.1. The predicted molar refractivity (Wildman–Crippen MR) is 73.4 cm³/mol. The lowest BCUT2D eigenvalue weighted by Crippen LogP contribution is -2.67. The van der Waals surface area contributed by atoms with Crippen molar-refractivity contribution >= 4 is 9.05 Å². The molecule has 0 aromatic rings. The van der Waals surface area contributed by atoms with Crippen molar-refractivity contribution in [3.63, 3.8) is 0 Å². The SMILES string of the molecule is FC(F)CC(F)(F)O[Si](OC(C(F)(F)F)C(F)(F)F)(OC(C(F)(F)F)C(F)(F)F)OC(C(F)(F)F)C(F)(F)F. The maximum Gasteiger partial charge on any atom is 0.686 e. The molecule has 0 aliphatic heterocycles. The van der Waals surface area contributed by atoms with Gasteiger partial charge in [-0.2, -0.15) is 87.8 Å². The summed E-state index contributed by atoms with van der Waals surface area (Å²) < 4.78 is 292. The molecule has 27 heteroatoms. The molecule has 4 nitrogen and oxygen atoms in total. The molecular formula is C12H6F22O4Si. The highest BCUT2D eigenvalue weighted by Gasteiger charge is 2.74. The van der Waals surface area contributed by atoms with Crippen molar-refractivity contribution in [2.75, 3.05) is 0 Å². The van der Waals surface area contributed by atoms with E-state index in [4.69, 9.17) is 0 Å². The summed E-state index contributed by atoms with van der Waals surface area (Å²) in [5.74, 6) is 0. The van der Waals surface area contributed by atoms with E-state index in [1.54, 1.807) is 0 Å². The normalized spacial score (nSPS) is 15.8. The smallest absolute Gasteiger partial charge is 0.330 e. The Morgan fingerprint density at radius 3 is 0.769 bits per heavy atom. The fourth-order valence-electron chi connectivity index (χ4n) is 1.95. The minimum Gasteiger partial charge on any atom is -0.330 e. The van der Waals surface area contributed by atoms with Crippen molar-refractivity contribution in [2.45, 2.75) is 74.3 Å². The van der Waals surface area contributed by atoms with Gasteiger partial charge in [0.15, 0.2) is 0 Å². The highest BCUT2D eigenvalue weighted by Crippen LogP contribution is 2.46. The van der Waals surface area contributed by atoms with Gasteiger partial charge in [-0.3, -0.25) is 4.43 Å². The van der Waals surface area contributed by atoms with E-state index in [2.05, 4.69) is 17.7 Å². The molecule has 0 aliphatic carbocycles. The van der Waals surface area contributed by atoms with Gasteiger partial charge in [0, 0.05) is 0 Å². The zero-order valence-electron chi connectivity index (χ0n) is 17.0. The Kier molecular flexibility index (Phi) is 11.0. The standard InChI is InChI=1S/C12H6F22O4Si/c13-2(14)1-6(15,16)38-39(35-3(7(17,18)19)8(20,21)22,36-4(9(23,24)25)10(26,27)28)37-5(11(29,30)31)12(32,33)34/h2-5H,1H2. The first-order valence-electron chi connectivity index (χ1n) is 8.44. The van der Waals surface area contributed by atoms with Gasteiger partial charge in [0.25, 0.3) is 0 Å². The van der Waals surface area contributed by atoms with Crippen molar-refractivity contribution < 1.29 is 114 Å². The third-order valence-corrected chi connectivity index (χ3v) is 5.36.